The number of nitrogens with one attached hydrogen (secondary N) is 1. The first-order valence-electron chi connectivity index (χ1n) is 6.49. The summed E-state index contributed by atoms with van der Waals surface area (Å²) in [5, 5.41) is 10.2. The van der Waals surface area contributed by atoms with Crippen LogP contribution in [0.4, 0.5) is 8.78 Å². The highest BCUT2D eigenvalue weighted by Gasteiger charge is 2.31. The van der Waals surface area contributed by atoms with Crippen LogP contribution in [0, 0.1) is 11.6 Å². The molecule has 0 heterocycles. The average molecular weight is 305 g/mol. The van der Waals surface area contributed by atoms with Gasteiger partial charge in [-0.2, -0.15) is 0 Å². The minimum absolute atomic E-state index is 0.145. The predicted molar refractivity (Wildman–Crippen MR) is 69.6 cm³/mol. The Labute approximate surface area is 116 Å². The van der Waals surface area contributed by atoms with Crippen molar-refractivity contribution in [1.29, 1.82) is 0 Å². The third-order valence-electron chi connectivity index (χ3n) is 3.52. The van der Waals surface area contributed by atoms with Crippen molar-refractivity contribution >= 4 is 10.0 Å². The van der Waals surface area contributed by atoms with E-state index in [0.29, 0.717) is 18.9 Å². The van der Waals surface area contributed by atoms with Crippen LogP contribution in [0.2, 0.25) is 0 Å². The van der Waals surface area contributed by atoms with Gasteiger partial charge in [0.1, 0.15) is 11.6 Å². The number of rotatable bonds is 4. The van der Waals surface area contributed by atoms with Gasteiger partial charge in [0, 0.05) is 12.6 Å². The average Bonchev–Trinajstić information content (AvgIpc) is 2.37. The van der Waals surface area contributed by atoms with Gasteiger partial charge in [-0.05, 0) is 25.0 Å². The van der Waals surface area contributed by atoms with E-state index in [-0.39, 0.29) is 6.54 Å². The standard InChI is InChI=1S/C13H17F2NO3S/c14-10-6-11(15)8-12(7-10)20(18,19)16-9-13(17)4-2-1-3-5-13/h6-8,16-17H,1-5,9H2. The SMILES string of the molecule is O=S(=O)(NCC1(O)CCCCC1)c1cc(F)cc(F)c1. The van der Waals surface area contributed by atoms with Crippen molar-refractivity contribution in [2.75, 3.05) is 6.54 Å². The molecule has 0 aromatic heterocycles. The van der Waals surface area contributed by atoms with Gasteiger partial charge in [-0.15, -0.1) is 0 Å². The highest BCUT2D eigenvalue weighted by Crippen LogP contribution is 2.27. The van der Waals surface area contributed by atoms with Gasteiger partial charge in [-0.1, -0.05) is 19.3 Å². The molecule has 4 nitrogen and oxygen atoms in total. The van der Waals surface area contributed by atoms with Crippen molar-refractivity contribution in [3.05, 3.63) is 29.8 Å². The smallest absolute Gasteiger partial charge is 0.240 e. The molecular weight excluding hydrogens is 288 g/mol. The maximum atomic E-state index is 13.0. The number of sulfonamides is 1. The van der Waals surface area contributed by atoms with Gasteiger partial charge in [0.2, 0.25) is 10.0 Å². The van der Waals surface area contributed by atoms with Gasteiger partial charge in [0.15, 0.2) is 0 Å². The molecule has 2 N–H and O–H groups in total. The van der Waals surface area contributed by atoms with Crippen LogP contribution in [0.15, 0.2) is 23.1 Å². The molecule has 20 heavy (non-hydrogen) atoms. The van der Waals surface area contributed by atoms with Gasteiger partial charge in [-0.25, -0.2) is 21.9 Å². The lowest BCUT2D eigenvalue weighted by Gasteiger charge is -2.32. The van der Waals surface area contributed by atoms with E-state index in [2.05, 4.69) is 4.72 Å². The van der Waals surface area contributed by atoms with Gasteiger partial charge in [-0.3, -0.25) is 0 Å². The lowest BCUT2D eigenvalue weighted by atomic mass is 9.85. The zero-order valence-corrected chi connectivity index (χ0v) is 11.7. The van der Waals surface area contributed by atoms with Crippen molar-refractivity contribution in [3.8, 4) is 0 Å². The van der Waals surface area contributed by atoms with Crippen molar-refractivity contribution in [1.82, 2.24) is 4.72 Å². The molecule has 2 rings (SSSR count). The van der Waals surface area contributed by atoms with E-state index in [0.717, 1.165) is 31.4 Å². The third-order valence-corrected chi connectivity index (χ3v) is 4.90. The van der Waals surface area contributed by atoms with Crippen LogP contribution in [0.3, 0.4) is 0 Å². The Bertz CT molecular complexity index is 563. The minimum atomic E-state index is -4.03. The van der Waals surface area contributed by atoms with Gasteiger partial charge < -0.3 is 5.11 Å². The fourth-order valence-corrected chi connectivity index (χ4v) is 3.54. The summed E-state index contributed by atoms with van der Waals surface area (Å²) in [6.45, 7) is -0.145. The Balaban J connectivity index is 2.11. The van der Waals surface area contributed by atoms with Crippen LogP contribution < -0.4 is 4.72 Å². The summed E-state index contributed by atoms with van der Waals surface area (Å²) in [5.41, 5.74) is -1.07. The second-order valence-electron chi connectivity index (χ2n) is 5.21. The number of hydrogen-bond acceptors (Lipinski definition) is 3. The van der Waals surface area contributed by atoms with Crippen LogP contribution in [-0.2, 0) is 10.0 Å². The molecule has 1 saturated carbocycles. The van der Waals surface area contributed by atoms with Crippen LogP contribution in [0.25, 0.3) is 0 Å². The van der Waals surface area contributed by atoms with E-state index in [1.54, 1.807) is 0 Å². The quantitative estimate of drug-likeness (QED) is 0.893. The van der Waals surface area contributed by atoms with Crippen LogP contribution >= 0.6 is 0 Å². The van der Waals surface area contributed by atoms with Gasteiger partial charge in [0.25, 0.3) is 0 Å². The fourth-order valence-electron chi connectivity index (χ4n) is 2.38. The second-order valence-corrected chi connectivity index (χ2v) is 6.98. The topological polar surface area (TPSA) is 66.4 Å². The van der Waals surface area contributed by atoms with Crippen molar-refractivity contribution in [2.45, 2.75) is 42.6 Å². The summed E-state index contributed by atoms with van der Waals surface area (Å²) in [6, 6.07) is 2.10. The first-order chi connectivity index (χ1) is 9.31. The maximum absolute atomic E-state index is 13.0. The Morgan fingerprint density at radius 3 is 2.20 bits per heavy atom. The highest BCUT2D eigenvalue weighted by molar-refractivity contribution is 7.89. The predicted octanol–water partition coefficient (Wildman–Crippen LogP) is 1.94. The van der Waals surface area contributed by atoms with E-state index >= 15 is 0 Å². The first-order valence-corrected chi connectivity index (χ1v) is 7.97. The largest absolute Gasteiger partial charge is 0.389 e. The van der Waals surface area contributed by atoms with Crippen molar-refractivity contribution in [2.24, 2.45) is 0 Å². The molecule has 1 aliphatic carbocycles. The van der Waals surface area contributed by atoms with Gasteiger partial charge in [0.05, 0.1) is 10.5 Å². The van der Waals surface area contributed by atoms with Crippen LogP contribution in [0.1, 0.15) is 32.1 Å². The molecule has 0 radical (unpaired) electrons. The third kappa shape index (κ3) is 3.74. The van der Waals surface area contributed by atoms with E-state index in [1.807, 2.05) is 0 Å². The molecule has 0 bridgehead atoms. The molecule has 112 valence electrons. The number of hydrogen-bond donors (Lipinski definition) is 2. The molecule has 0 unspecified atom stereocenters. The Hall–Kier alpha value is -1.05. The van der Waals surface area contributed by atoms with Crippen LogP contribution in [0.5, 0.6) is 0 Å². The number of halogens is 2. The molecule has 0 amide bonds. The molecule has 0 aliphatic heterocycles. The Morgan fingerprint density at radius 1 is 1.10 bits per heavy atom. The molecule has 0 spiro atoms. The molecule has 7 heteroatoms. The Morgan fingerprint density at radius 2 is 1.65 bits per heavy atom. The summed E-state index contributed by atoms with van der Waals surface area (Å²) >= 11 is 0. The number of aliphatic hydroxyl groups is 1. The normalized spacial score (nSPS) is 18.9. The fraction of sp³-hybridized carbons (Fsp3) is 0.538. The molecule has 0 atom stereocenters. The zero-order valence-electron chi connectivity index (χ0n) is 10.9. The highest BCUT2D eigenvalue weighted by atomic mass is 32.2. The molecule has 1 fully saturated rings. The van der Waals surface area contributed by atoms with Crippen molar-refractivity contribution in [3.63, 3.8) is 0 Å². The minimum Gasteiger partial charge on any atom is -0.389 e. The van der Waals surface area contributed by atoms with E-state index < -0.39 is 32.2 Å². The zero-order chi connectivity index (χ0) is 14.8. The lowest BCUT2D eigenvalue weighted by molar-refractivity contribution is 0.00945. The van der Waals surface area contributed by atoms with E-state index in [9.17, 15) is 22.3 Å². The lowest BCUT2D eigenvalue weighted by Crippen LogP contribution is -2.44. The molecule has 1 aliphatic rings. The van der Waals surface area contributed by atoms with Gasteiger partial charge >= 0.3 is 0 Å². The van der Waals surface area contributed by atoms with E-state index in [1.165, 1.54) is 0 Å². The molecule has 1 aromatic rings. The van der Waals surface area contributed by atoms with Crippen LogP contribution in [-0.4, -0.2) is 25.7 Å². The number of benzene rings is 1. The summed E-state index contributed by atoms with van der Waals surface area (Å²) in [4.78, 5) is -0.477. The maximum Gasteiger partial charge on any atom is 0.240 e. The molecule has 0 saturated heterocycles. The summed E-state index contributed by atoms with van der Waals surface area (Å²) in [6.07, 6.45) is 3.74. The Kier molecular flexibility index (Phi) is 4.41. The molecular formula is C13H17F2NO3S. The summed E-state index contributed by atoms with van der Waals surface area (Å²) < 4.78 is 52.3. The summed E-state index contributed by atoms with van der Waals surface area (Å²) in [7, 11) is -4.03. The second kappa shape index (κ2) is 5.75. The first kappa shape index (κ1) is 15.3. The summed E-state index contributed by atoms with van der Waals surface area (Å²) in [5.74, 6) is -1.91. The molecule has 1 aromatic carbocycles. The van der Waals surface area contributed by atoms with E-state index in [4.69, 9.17) is 0 Å². The van der Waals surface area contributed by atoms with Crippen molar-refractivity contribution < 1.29 is 22.3 Å². The monoisotopic (exact) mass is 305 g/mol.